The second-order valence-corrected chi connectivity index (χ2v) is 5.32. The van der Waals surface area contributed by atoms with Gasteiger partial charge in [-0.1, -0.05) is 19.8 Å². The van der Waals surface area contributed by atoms with Crippen LogP contribution in [0, 0.1) is 5.92 Å². The number of carbonyl (C=O) groups excluding carboxylic acids is 1. The highest BCUT2D eigenvalue weighted by Gasteiger charge is 2.12. The molecule has 0 aromatic rings. The number of amides is 1. The van der Waals surface area contributed by atoms with Crippen molar-refractivity contribution in [3.63, 3.8) is 0 Å². The van der Waals surface area contributed by atoms with Gasteiger partial charge >= 0.3 is 0 Å². The van der Waals surface area contributed by atoms with E-state index in [4.69, 9.17) is 5.73 Å². The number of hydrogen-bond donors (Lipinski definition) is 3. The van der Waals surface area contributed by atoms with E-state index in [0.29, 0.717) is 25.3 Å². The van der Waals surface area contributed by atoms with Crippen LogP contribution in [0.15, 0.2) is 0 Å². The predicted octanol–water partition coefficient (Wildman–Crippen LogP) is 1.81. The highest BCUT2D eigenvalue weighted by molar-refractivity contribution is 5.76. The minimum Gasteiger partial charge on any atom is -0.393 e. The van der Waals surface area contributed by atoms with Gasteiger partial charge in [0.2, 0.25) is 5.91 Å². The van der Waals surface area contributed by atoms with Crippen molar-refractivity contribution in [1.82, 2.24) is 5.32 Å². The highest BCUT2D eigenvalue weighted by Crippen LogP contribution is 2.16. The van der Waals surface area contributed by atoms with Gasteiger partial charge in [-0.15, -0.1) is 0 Å². The van der Waals surface area contributed by atoms with E-state index >= 15 is 0 Å². The molecule has 0 fully saturated rings. The van der Waals surface area contributed by atoms with E-state index in [9.17, 15) is 9.90 Å². The van der Waals surface area contributed by atoms with Crippen molar-refractivity contribution in [2.75, 3.05) is 6.54 Å². The van der Waals surface area contributed by atoms with Gasteiger partial charge < -0.3 is 16.2 Å². The Morgan fingerprint density at radius 3 is 2.44 bits per heavy atom. The van der Waals surface area contributed by atoms with Crippen molar-refractivity contribution in [1.29, 1.82) is 0 Å². The second-order valence-electron chi connectivity index (χ2n) is 5.32. The summed E-state index contributed by atoms with van der Waals surface area (Å²) in [7, 11) is 0. The third kappa shape index (κ3) is 9.42. The number of rotatable bonds is 10. The molecule has 0 bridgehead atoms. The van der Waals surface area contributed by atoms with Crippen molar-refractivity contribution in [2.24, 2.45) is 11.7 Å². The minimum absolute atomic E-state index is 0.0385. The summed E-state index contributed by atoms with van der Waals surface area (Å²) in [5.74, 6) is 0.652. The lowest BCUT2D eigenvalue weighted by atomic mass is 9.94. The number of nitrogens with two attached hydrogens (primary N) is 1. The van der Waals surface area contributed by atoms with Gasteiger partial charge in [-0.05, 0) is 45.6 Å². The van der Waals surface area contributed by atoms with Crippen LogP contribution >= 0.6 is 0 Å². The molecule has 0 radical (unpaired) electrons. The topological polar surface area (TPSA) is 75.4 Å². The fraction of sp³-hybridized carbons (Fsp3) is 0.929. The number of hydrogen-bond acceptors (Lipinski definition) is 3. The van der Waals surface area contributed by atoms with E-state index < -0.39 is 0 Å². The molecule has 3 atom stereocenters. The van der Waals surface area contributed by atoms with Gasteiger partial charge in [-0.3, -0.25) is 4.79 Å². The SMILES string of the molecule is CCCC(CCN)CCC(=O)NC(C)CC(C)O. The quantitative estimate of drug-likeness (QED) is 0.559. The fourth-order valence-electron chi connectivity index (χ4n) is 2.33. The molecule has 18 heavy (non-hydrogen) atoms. The number of aliphatic hydroxyl groups excluding tert-OH is 1. The lowest BCUT2D eigenvalue weighted by molar-refractivity contribution is -0.122. The van der Waals surface area contributed by atoms with Gasteiger partial charge in [0, 0.05) is 12.5 Å². The molecular formula is C14H30N2O2. The Balaban J connectivity index is 3.85. The van der Waals surface area contributed by atoms with Crippen LogP contribution in [0.25, 0.3) is 0 Å². The van der Waals surface area contributed by atoms with Crippen LogP contribution in [0.4, 0.5) is 0 Å². The molecule has 0 saturated carbocycles. The lowest BCUT2D eigenvalue weighted by Gasteiger charge is -2.18. The molecule has 108 valence electrons. The van der Waals surface area contributed by atoms with Crippen LogP contribution in [0.5, 0.6) is 0 Å². The first kappa shape index (κ1) is 17.4. The van der Waals surface area contributed by atoms with Gasteiger partial charge in [0.25, 0.3) is 0 Å². The summed E-state index contributed by atoms with van der Waals surface area (Å²) in [6, 6.07) is 0.0385. The zero-order valence-corrected chi connectivity index (χ0v) is 12.1. The van der Waals surface area contributed by atoms with Gasteiger partial charge in [0.1, 0.15) is 0 Å². The average molecular weight is 258 g/mol. The first-order valence-corrected chi connectivity index (χ1v) is 7.17. The monoisotopic (exact) mass is 258 g/mol. The van der Waals surface area contributed by atoms with Crippen LogP contribution in [0.1, 0.15) is 59.3 Å². The van der Waals surface area contributed by atoms with Crippen molar-refractivity contribution < 1.29 is 9.90 Å². The molecule has 0 aliphatic heterocycles. The molecular weight excluding hydrogens is 228 g/mol. The van der Waals surface area contributed by atoms with Gasteiger partial charge in [0.15, 0.2) is 0 Å². The molecule has 0 aliphatic rings. The summed E-state index contributed by atoms with van der Waals surface area (Å²) < 4.78 is 0. The molecule has 1 amide bonds. The Bertz CT molecular complexity index is 214. The first-order valence-electron chi connectivity index (χ1n) is 7.17. The maximum Gasteiger partial charge on any atom is 0.220 e. The van der Waals surface area contributed by atoms with Crippen LogP contribution in [-0.2, 0) is 4.79 Å². The van der Waals surface area contributed by atoms with Crippen molar-refractivity contribution in [2.45, 2.75) is 71.4 Å². The molecule has 0 aliphatic carbocycles. The van der Waals surface area contributed by atoms with Gasteiger partial charge in [0.05, 0.1) is 6.10 Å². The molecule has 4 N–H and O–H groups in total. The molecule has 4 nitrogen and oxygen atoms in total. The zero-order chi connectivity index (χ0) is 14.0. The Labute approximate surface area is 111 Å². The molecule has 0 rings (SSSR count). The maximum atomic E-state index is 11.7. The van der Waals surface area contributed by atoms with E-state index in [1.165, 1.54) is 0 Å². The summed E-state index contributed by atoms with van der Waals surface area (Å²) in [5, 5.41) is 12.1. The van der Waals surface area contributed by atoms with E-state index in [2.05, 4.69) is 12.2 Å². The molecule has 0 heterocycles. The van der Waals surface area contributed by atoms with Gasteiger partial charge in [-0.2, -0.15) is 0 Å². The number of carbonyl (C=O) groups is 1. The van der Waals surface area contributed by atoms with Crippen LogP contribution in [0.3, 0.4) is 0 Å². The Kier molecular flexibility index (Phi) is 9.98. The Hall–Kier alpha value is -0.610. The summed E-state index contributed by atoms with van der Waals surface area (Å²) in [4.78, 5) is 11.7. The van der Waals surface area contributed by atoms with E-state index in [-0.39, 0.29) is 18.1 Å². The smallest absolute Gasteiger partial charge is 0.220 e. The summed E-state index contributed by atoms with van der Waals surface area (Å²) in [6.45, 7) is 6.52. The van der Waals surface area contributed by atoms with E-state index in [1.807, 2.05) is 6.92 Å². The minimum atomic E-state index is -0.370. The number of nitrogens with one attached hydrogen (secondary N) is 1. The molecule has 0 aromatic carbocycles. The van der Waals surface area contributed by atoms with Crippen molar-refractivity contribution in [3.8, 4) is 0 Å². The van der Waals surface area contributed by atoms with E-state index in [1.54, 1.807) is 6.92 Å². The van der Waals surface area contributed by atoms with Crippen molar-refractivity contribution in [3.05, 3.63) is 0 Å². The normalized spacial score (nSPS) is 16.1. The summed E-state index contributed by atoms with van der Waals surface area (Å²) in [5.41, 5.74) is 5.57. The molecule has 4 heteroatoms. The summed E-state index contributed by atoms with van der Waals surface area (Å²) in [6.07, 6.45) is 5.01. The Morgan fingerprint density at radius 2 is 1.94 bits per heavy atom. The van der Waals surface area contributed by atoms with Crippen molar-refractivity contribution >= 4 is 5.91 Å². The Morgan fingerprint density at radius 1 is 1.28 bits per heavy atom. The molecule has 3 unspecified atom stereocenters. The van der Waals surface area contributed by atoms with Gasteiger partial charge in [-0.25, -0.2) is 0 Å². The molecule has 0 aromatic heterocycles. The number of aliphatic hydroxyl groups is 1. The van der Waals surface area contributed by atoms with Crippen LogP contribution in [-0.4, -0.2) is 29.7 Å². The third-order valence-corrected chi connectivity index (χ3v) is 3.15. The maximum absolute atomic E-state index is 11.7. The molecule has 0 spiro atoms. The fourth-order valence-corrected chi connectivity index (χ4v) is 2.33. The highest BCUT2D eigenvalue weighted by atomic mass is 16.3. The van der Waals surface area contributed by atoms with Crippen LogP contribution in [0.2, 0.25) is 0 Å². The third-order valence-electron chi connectivity index (χ3n) is 3.15. The largest absolute Gasteiger partial charge is 0.393 e. The average Bonchev–Trinajstić information content (AvgIpc) is 2.25. The standard InChI is InChI=1S/C14H30N2O2/c1-4-5-13(8-9-15)6-7-14(18)16-11(2)10-12(3)17/h11-13,17H,4-10,15H2,1-3H3,(H,16,18). The zero-order valence-electron chi connectivity index (χ0n) is 12.1. The summed E-state index contributed by atoms with van der Waals surface area (Å²) >= 11 is 0. The predicted molar refractivity (Wildman–Crippen MR) is 75.2 cm³/mol. The van der Waals surface area contributed by atoms with E-state index in [0.717, 1.165) is 25.7 Å². The molecule has 0 saturated heterocycles. The lowest BCUT2D eigenvalue weighted by Crippen LogP contribution is -2.34. The van der Waals surface area contributed by atoms with Crippen LogP contribution < -0.4 is 11.1 Å². The second kappa shape index (κ2) is 10.3. The first-order chi connectivity index (χ1) is 8.49.